The van der Waals surface area contributed by atoms with E-state index in [9.17, 15) is 0 Å². The van der Waals surface area contributed by atoms with Crippen molar-refractivity contribution in [2.75, 3.05) is 19.5 Å². The van der Waals surface area contributed by atoms with Gasteiger partial charge in [-0.15, -0.1) is 0 Å². The highest BCUT2D eigenvalue weighted by Crippen LogP contribution is 2.41. The van der Waals surface area contributed by atoms with Gasteiger partial charge in [0.25, 0.3) is 0 Å². The lowest BCUT2D eigenvalue weighted by atomic mass is 9.76. The van der Waals surface area contributed by atoms with Crippen LogP contribution in [0, 0.1) is 0 Å². The molecule has 4 rings (SSSR count). The van der Waals surface area contributed by atoms with Gasteiger partial charge in [-0.25, -0.2) is 0 Å². The van der Waals surface area contributed by atoms with Crippen LogP contribution in [0.1, 0.15) is 16.7 Å². The smallest absolute Gasteiger partial charge is 0.118 e. The molecule has 0 unspecified atom stereocenters. The van der Waals surface area contributed by atoms with E-state index in [1.807, 2.05) is 48.5 Å². The number of methoxy groups -OCH3 is 2. The lowest BCUT2D eigenvalue weighted by molar-refractivity contribution is 0.414. The monoisotopic (exact) mass is 395 g/mol. The molecule has 0 aliphatic rings. The summed E-state index contributed by atoms with van der Waals surface area (Å²) in [5, 5.41) is 3.83. The zero-order chi connectivity index (χ0) is 20.8. The third-order valence-corrected chi connectivity index (χ3v) is 5.36. The Hall–Kier alpha value is -3.72. The molecule has 0 spiro atoms. The highest BCUT2D eigenvalue weighted by atomic mass is 16.5. The average molecular weight is 396 g/mol. The molecule has 3 nitrogen and oxygen atoms in total. The molecule has 0 aliphatic heterocycles. The van der Waals surface area contributed by atoms with E-state index in [1.165, 1.54) is 0 Å². The predicted molar refractivity (Wildman–Crippen MR) is 122 cm³/mol. The predicted octanol–water partition coefficient (Wildman–Crippen LogP) is 6.11. The second kappa shape index (κ2) is 8.75. The summed E-state index contributed by atoms with van der Waals surface area (Å²) in [7, 11) is 3.37. The minimum Gasteiger partial charge on any atom is -0.497 e. The summed E-state index contributed by atoms with van der Waals surface area (Å²) >= 11 is 0. The molecule has 3 heteroatoms. The molecule has 30 heavy (non-hydrogen) atoms. The molecule has 4 aromatic carbocycles. The summed E-state index contributed by atoms with van der Waals surface area (Å²) in [4.78, 5) is 0. The maximum Gasteiger partial charge on any atom is 0.118 e. The van der Waals surface area contributed by atoms with Gasteiger partial charge in [0.1, 0.15) is 17.0 Å². The second-order valence-electron chi connectivity index (χ2n) is 7.06. The van der Waals surface area contributed by atoms with Crippen LogP contribution >= 0.6 is 0 Å². The van der Waals surface area contributed by atoms with Gasteiger partial charge in [-0.1, -0.05) is 72.8 Å². The van der Waals surface area contributed by atoms with E-state index >= 15 is 0 Å². The Morgan fingerprint density at radius 3 is 1.33 bits per heavy atom. The summed E-state index contributed by atoms with van der Waals surface area (Å²) < 4.78 is 10.8. The lowest BCUT2D eigenvalue weighted by Gasteiger charge is -2.38. The minimum atomic E-state index is -0.596. The SMILES string of the molecule is COc1ccc(C(Nc2ccccc2)(c2ccccc2)c2ccc(OC)cc2)cc1. The van der Waals surface area contributed by atoms with Gasteiger partial charge in [-0.3, -0.25) is 0 Å². The van der Waals surface area contributed by atoms with Crippen LogP contribution in [0.2, 0.25) is 0 Å². The van der Waals surface area contributed by atoms with Gasteiger partial charge in [0.2, 0.25) is 0 Å². The molecule has 0 aliphatic carbocycles. The van der Waals surface area contributed by atoms with Gasteiger partial charge in [0.15, 0.2) is 0 Å². The Kier molecular flexibility index (Phi) is 5.71. The van der Waals surface area contributed by atoms with Crippen LogP contribution in [-0.2, 0) is 5.54 Å². The van der Waals surface area contributed by atoms with Crippen molar-refractivity contribution >= 4 is 5.69 Å². The van der Waals surface area contributed by atoms with E-state index in [1.54, 1.807) is 14.2 Å². The van der Waals surface area contributed by atoms with E-state index in [2.05, 4.69) is 66.0 Å². The number of benzene rings is 4. The van der Waals surface area contributed by atoms with Crippen LogP contribution in [0.15, 0.2) is 109 Å². The van der Waals surface area contributed by atoms with E-state index in [4.69, 9.17) is 9.47 Å². The Balaban J connectivity index is 1.98. The zero-order valence-corrected chi connectivity index (χ0v) is 17.2. The molecular weight excluding hydrogens is 370 g/mol. The van der Waals surface area contributed by atoms with Crippen molar-refractivity contribution < 1.29 is 9.47 Å². The van der Waals surface area contributed by atoms with Crippen molar-refractivity contribution in [2.45, 2.75) is 5.54 Å². The number of rotatable bonds is 7. The molecule has 0 radical (unpaired) electrons. The molecule has 0 heterocycles. The van der Waals surface area contributed by atoms with Crippen molar-refractivity contribution in [3.63, 3.8) is 0 Å². The van der Waals surface area contributed by atoms with Gasteiger partial charge < -0.3 is 14.8 Å². The first-order chi connectivity index (χ1) is 14.8. The molecule has 150 valence electrons. The summed E-state index contributed by atoms with van der Waals surface area (Å²) in [6.07, 6.45) is 0. The molecule has 1 N–H and O–H groups in total. The third kappa shape index (κ3) is 3.74. The van der Waals surface area contributed by atoms with Crippen LogP contribution in [0.25, 0.3) is 0 Å². The van der Waals surface area contributed by atoms with Crippen molar-refractivity contribution in [3.8, 4) is 11.5 Å². The van der Waals surface area contributed by atoms with Gasteiger partial charge in [0, 0.05) is 5.69 Å². The number of para-hydroxylation sites is 1. The van der Waals surface area contributed by atoms with Gasteiger partial charge >= 0.3 is 0 Å². The first-order valence-electron chi connectivity index (χ1n) is 9.94. The Labute approximate surface area is 177 Å². The van der Waals surface area contributed by atoms with E-state index in [-0.39, 0.29) is 0 Å². The summed E-state index contributed by atoms with van der Waals surface area (Å²) in [5.74, 6) is 1.66. The van der Waals surface area contributed by atoms with Crippen LogP contribution in [0.3, 0.4) is 0 Å². The van der Waals surface area contributed by atoms with E-state index in [0.29, 0.717) is 0 Å². The lowest BCUT2D eigenvalue weighted by Crippen LogP contribution is -2.38. The van der Waals surface area contributed by atoms with Gasteiger partial charge in [-0.2, -0.15) is 0 Å². The van der Waals surface area contributed by atoms with Crippen molar-refractivity contribution in [1.29, 1.82) is 0 Å². The first kappa shape index (κ1) is 19.6. The Morgan fingerprint density at radius 1 is 0.500 bits per heavy atom. The molecule has 0 aromatic heterocycles. The number of hydrogen-bond donors (Lipinski definition) is 1. The molecule has 0 atom stereocenters. The fourth-order valence-electron chi connectivity index (χ4n) is 3.82. The Morgan fingerprint density at radius 2 is 0.900 bits per heavy atom. The van der Waals surface area contributed by atoms with Gasteiger partial charge in [-0.05, 0) is 53.1 Å². The Bertz CT molecular complexity index is 1010. The number of anilines is 1. The van der Waals surface area contributed by atoms with E-state index < -0.39 is 5.54 Å². The number of ether oxygens (including phenoxy) is 2. The van der Waals surface area contributed by atoms with Crippen LogP contribution in [0.5, 0.6) is 11.5 Å². The molecule has 0 saturated heterocycles. The molecule has 0 saturated carbocycles. The second-order valence-corrected chi connectivity index (χ2v) is 7.06. The van der Waals surface area contributed by atoms with Crippen LogP contribution in [-0.4, -0.2) is 14.2 Å². The summed E-state index contributed by atoms with van der Waals surface area (Å²) in [6, 6.07) is 37.3. The van der Waals surface area contributed by atoms with Crippen molar-refractivity contribution in [1.82, 2.24) is 0 Å². The molecule has 4 aromatic rings. The standard InChI is InChI=1S/C27H25NO2/c1-29-25-17-13-22(14-18-25)27(21-9-5-3-6-10-21,28-24-11-7-4-8-12-24)23-15-19-26(30-2)20-16-23/h3-20,28H,1-2H3. The fourth-order valence-corrected chi connectivity index (χ4v) is 3.82. The minimum absolute atomic E-state index is 0.596. The van der Waals surface area contributed by atoms with E-state index in [0.717, 1.165) is 33.9 Å². The largest absolute Gasteiger partial charge is 0.497 e. The number of nitrogens with one attached hydrogen (secondary N) is 1. The maximum atomic E-state index is 5.40. The summed E-state index contributed by atoms with van der Waals surface area (Å²) in [6.45, 7) is 0. The quantitative estimate of drug-likeness (QED) is 0.383. The van der Waals surface area contributed by atoms with Gasteiger partial charge in [0.05, 0.1) is 14.2 Å². The van der Waals surface area contributed by atoms with Crippen molar-refractivity contribution in [3.05, 3.63) is 126 Å². The first-order valence-corrected chi connectivity index (χ1v) is 9.94. The average Bonchev–Trinajstić information content (AvgIpc) is 2.84. The van der Waals surface area contributed by atoms with Crippen LogP contribution in [0.4, 0.5) is 5.69 Å². The molecule has 0 amide bonds. The highest BCUT2D eigenvalue weighted by molar-refractivity contribution is 5.60. The maximum absolute atomic E-state index is 5.40. The normalized spacial score (nSPS) is 11.0. The molecule has 0 bridgehead atoms. The third-order valence-electron chi connectivity index (χ3n) is 5.36. The molecular formula is C27H25NO2. The fraction of sp³-hybridized carbons (Fsp3) is 0.111. The topological polar surface area (TPSA) is 30.5 Å². The van der Waals surface area contributed by atoms with Crippen LogP contribution < -0.4 is 14.8 Å². The number of hydrogen-bond acceptors (Lipinski definition) is 3. The highest BCUT2D eigenvalue weighted by Gasteiger charge is 2.36. The molecule has 0 fully saturated rings. The van der Waals surface area contributed by atoms with Crippen molar-refractivity contribution in [2.24, 2.45) is 0 Å². The summed E-state index contributed by atoms with van der Waals surface area (Å²) in [5.41, 5.74) is 3.81. The zero-order valence-electron chi connectivity index (χ0n) is 17.2.